The van der Waals surface area contributed by atoms with Crippen LogP contribution >= 0.6 is 0 Å². The van der Waals surface area contributed by atoms with Gasteiger partial charge in [-0.3, -0.25) is 9.48 Å². The van der Waals surface area contributed by atoms with E-state index in [-0.39, 0.29) is 12.5 Å². The van der Waals surface area contributed by atoms with Gasteiger partial charge in [-0.2, -0.15) is 10.4 Å². The molecule has 0 spiro atoms. The summed E-state index contributed by atoms with van der Waals surface area (Å²) >= 11 is 0. The molecule has 0 atom stereocenters. The topological polar surface area (TPSA) is 91.2 Å². The van der Waals surface area contributed by atoms with E-state index in [0.717, 1.165) is 18.4 Å². The van der Waals surface area contributed by atoms with Crippen molar-refractivity contribution < 1.29 is 9.21 Å². The predicted molar refractivity (Wildman–Crippen MR) is 89.0 cm³/mol. The Morgan fingerprint density at radius 2 is 2.12 bits per heavy atom. The van der Waals surface area contributed by atoms with Crippen molar-refractivity contribution in [3.05, 3.63) is 29.5 Å². The van der Waals surface area contributed by atoms with Gasteiger partial charge >= 0.3 is 0 Å². The van der Waals surface area contributed by atoms with Gasteiger partial charge in [0.05, 0.1) is 6.20 Å². The van der Waals surface area contributed by atoms with Crippen LogP contribution < -0.4 is 4.90 Å². The molecule has 8 heteroatoms. The molecule has 2 aromatic rings. The largest absolute Gasteiger partial charge is 0.423 e. The van der Waals surface area contributed by atoms with Crippen LogP contribution in [0.5, 0.6) is 0 Å². The minimum Gasteiger partial charge on any atom is -0.423 e. The van der Waals surface area contributed by atoms with Crippen LogP contribution in [0.25, 0.3) is 0 Å². The first-order chi connectivity index (χ1) is 12.1. The molecule has 3 heterocycles. The lowest BCUT2D eigenvalue weighted by atomic mass is 10.3. The van der Waals surface area contributed by atoms with Crippen molar-refractivity contribution >= 4 is 11.8 Å². The Labute approximate surface area is 145 Å². The fraction of sp³-hybridized carbons (Fsp3) is 0.529. The summed E-state index contributed by atoms with van der Waals surface area (Å²) in [6.07, 6.45) is 5.78. The fourth-order valence-corrected chi connectivity index (χ4v) is 3.07. The van der Waals surface area contributed by atoms with Gasteiger partial charge in [0.25, 0.3) is 0 Å². The lowest BCUT2D eigenvalue weighted by Crippen LogP contribution is -2.49. The van der Waals surface area contributed by atoms with Crippen LogP contribution in [0.3, 0.4) is 0 Å². The van der Waals surface area contributed by atoms with Crippen molar-refractivity contribution in [1.82, 2.24) is 19.7 Å². The summed E-state index contributed by atoms with van der Waals surface area (Å²) in [4.78, 5) is 20.6. The smallest absolute Gasteiger partial charge is 0.244 e. The van der Waals surface area contributed by atoms with E-state index >= 15 is 0 Å². The highest BCUT2D eigenvalue weighted by Crippen LogP contribution is 2.41. The molecular weight excluding hydrogens is 320 g/mol. The molecular formula is C17H20N6O2. The molecule has 0 aromatic carbocycles. The summed E-state index contributed by atoms with van der Waals surface area (Å²) in [6.45, 7) is 4.68. The summed E-state index contributed by atoms with van der Waals surface area (Å²) in [5.41, 5.74) is 1.40. The van der Waals surface area contributed by atoms with Crippen molar-refractivity contribution in [3.63, 3.8) is 0 Å². The number of oxazole rings is 1. The number of hydrogen-bond donors (Lipinski definition) is 0. The molecule has 1 aliphatic carbocycles. The van der Waals surface area contributed by atoms with Crippen molar-refractivity contribution in [3.8, 4) is 6.07 Å². The normalized spacial score (nSPS) is 17.6. The second-order valence-corrected chi connectivity index (χ2v) is 6.68. The van der Waals surface area contributed by atoms with E-state index in [0.29, 0.717) is 49.6 Å². The maximum Gasteiger partial charge on any atom is 0.244 e. The summed E-state index contributed by atoms with van der Waals surface area (Å²) in [6, 6.07) is 2.13. The highest BCUT2D eigenvalue weighted by Gasteiger charge is 2.32. The standard InChI is InChI=1S/C17H20N6O2/c1-12-9-19-23(10-12)11-15(24)21-4-6-22(7-5-21)17-14(8-18)20-16(25-17)13-2-3-13/h9-10,13H,2-7,11H2,1H3. The molecule has 2 fully saturated rings. The molecule has 0 unspecified atom stereocenters. The Balaban J connectivity index is 1.38. The molecule has 25 heavy (non-hydrogen) atoms. The van der Waals surface area contributed by atoms with Crippen LogP contribution in [-0.4, -0.2) is 51.8 Å². The Morgan fingerprint density at radius 1 is 1.36 bits per heavy atom. The predicted octanol–water partition coefficient (Wildman–Crippen LogP) is 1.28. The minimum atomic E-state index is 0.0551. The van der Waals surface area contributed by atoms with Gasteiger partial charge in [0.1, 0.15) is 12.6 Å². The van der Waals surface area contributed by atoms with Gasteiger partial charge in [-0.1, -0.05) is 0 Å². The Morgan fingerprint density at radius 3 is 2.72 bits per heavy atom. The average Bonchev–Trinajstić information content (AvgIpc) is 3.26. The van der Waals surface area contributed by atoms with Gasteiger partial charge < -0.3 is 14.2 Å². The minimum absolute atomic E-state index is 0.0551. The first-order valence-corrected chi connectivity index (χ1v) is 8.56. The summed E-state index contributed by atoms with van der Waals surface area (Å²) in [5.74, 6) is 1.67. The first-order valence-electron chi connectivity index (χ1n) is 8.56. The van der Waals surface area contributed by atoms with Crippen molar-refractivity contribution in [2.45, 2.75) is 32.2 Å². The third-order valence-corrected chi connectivity index (χ3v) is 4.64. The lowest BCUT2D eigenvalue weighted by Gasteiger charge is -2.34. The quantitative estimate of drug-likeness (QED) is 0.832. The van der Waals surface area contributed by atoms with Gasteiger partial charge in [-0.05, 0) is 25.3 Å². The van der Waals surface area contributed by atoms with Gasteiger partial charge in [0.15, 0.2) is 0 Å². The molecule has 1 saturated carbocycles. The summed E-state index contributed by atoms with van der Waals surface area (Å²) in [7, 11) is 0. The van der Waals surface area contributed by atoms with Gasteiger partial charge in [0, 0.05) is 38.3 Å². The third-order valence-electron chi connectivity index (χ3n) is 4.64. The zero-order valence-corrected chi connectivity index (χ0v) is 14.2. The molecule has 4 rings (SSSR count). The monoisotopic (exact) mass is 340 g/mol. The number of hydrogen-bond acceptors (Lipinski definition) is 6. The highest BCUT2D eigenvalue weighted by atomic mass is 16.4. The number of nitrogens with zero attached hydrogens (tertiary/aromatic N) is 6. The summed E-state index contributed by atoms with van der Waals surface area (Å²) in [5, 5.41) is 13.5. The number of rotatable bonds is 4. The van der Waals surface area contributed by atoms with Crippen LogP contribution in [0.2, 0.25) is 0 Å². The van der Waals surface area contributed by atoms with Crippen LogP contribution in [0.4, 0.5) is 5.88 Å². The van der Waals surface area contributed by atoms with Crippen molar-refractivity contribution in [2.75, 3.05) is 31.1 Å². The molecule has 1 aliphatic heterocycles. The molecule has 2 aromatic heterocycles. The highest BCUT2D eigenvalue weighted by molar-refractivity contribution is 5.76. The summed E-state index contributed by atoms with van der Waals surface area (Å²) < 4.78 is 7.50. The van der Waals surface area contributed by atoms with E-state index in [9.17, 15) is 10.1 Å². The van der Waals surface area contributed by atoms with Crippen LogP contribution in [0.15, 0.2) is 16.8 Å². The van der Waals surface area contributed by atoms with E-state index in [1.165, 1.54) is 0 Å². The molecule has 130 valence electrons. The van der Waals surface area contributed by atoms with Crippen LogP contribution in [0, 0.1) is 18.3 Å². The molecule has 0 bridgehead atoms. The lowest BCUT2D eigenvalue weighted by molar-refractivity contribution is -0.132. The molecule has 8 nitrogen and oxygen atoms in total. The maximum absolute atomic E-state index is 12.4. The first kappa shape index (κ1) is 15.7. The maximum atomic E-state index is 12.4. The van der Waals surface area contributed by atoms with Gasteiger partial charge in [0.2, 0.25) is 23.4 Å². The van der Waals surface area contributed by atoms with Crippen LogP contribution in [-0.2, 0) is 11.3 Å². The zero-order chi connectivity index (χ0) is 17.4. The number of carbonyl (C=O) groups is 1. The van der Waals surface area contributed by atoms with E-state index in [2.05, 4.69) is 16.2 Å². The average molecular weight is 340 g/mol. The molecule has 0 radical (unpaired) electrons. The number of piperazine rings is 1. The number of anilines is 1. The van der Waals surface area contributed by atoms with E-state index < -0.39 is 0 Å². The Kier molecular flexibility index (Phi) is 3.92. The van der Waals surface area contributed by atoms with Gasteiger partial charge in [-0.25, -0.2) is 4.98 Å². The molecule has 1 saturated heterocycles. The number of amides is 1. The van der Waals surface area contributed by atoms with E-state index in [1.807, 2.05) is 22.9 Å². The van der Waals surface area contributed by atoms with Crippen LogP contribution in [0.1, 0.15) is 35.9 Å². The second kappa shape index (κ2) is 6.24. The molecule has 1 amide bonds. The number of nitriles is 1. The van der Waals surface area contributed by atoms with Crippen molar-refractivity contribution in [2.24, 2.45) is 0 Å². The zero-order valence-electron chi connectivity index (χ0n) is 14.2. The van der Waals surface area contributed by atoms with E-state index in [1.54, 1.807) is 10.9 Å². The van der Waals surface area contributed by atoms with Gasteiger partial charge in [-0.15, -0.1) is 0 Å². The SMILES string of the molecule is Cc1cnn(CC(=O)N2CCN(c3oc(C4CC4)nc3C#N)CC2)c1. The van der Waals surface area contributed by atoms with Crippen molar-refractivity contribution in [1.29, 1.82) is 5.26 Å². The Bertz CT molecular complexity index is 821. The number of carbonyl (C=O) groups excluding carboxylic acids is 1. The molecule has 0 N–H and O–H groups in total. The fourth-order valence-electron chi connectivity index (χ4n) is 3.07. The molecule has 2 aliphatic rings. The second-order valence-electron chi connectivity index (χ2n) is 6.68. The Hall–Kier alpha value is -2.82. The third kappa shape index (κ3) is 3.22. The van der Waals surface area contributed by atoms with E-state index in [4.69, 9.17) is 4.42 Å². The number of aromatic nitrogens is 3. The number of aryl methyl sites for hydroxylation is 1.